The van der Waals surface area contributed by atoms with Crippen LogP contribution in [0.1, 0.15) is 5.56 Å². The quantitative estimate of drug-likeness (QED) is 0.374. The molecule has 0 atom stereocenters. The summed E-state index contributed by atoms with van der Waals surface area (Å²) in [6.45, 7) is 0.0273. The molecule has 7 heteroatoms. The second kappa shape index (κ2) is 6.87. The van der Waals surface area contributed by atoms with Gasteiger partial charge in [-0.3, -0.25) is 5.21 Å². The molecule has 2 amide bonds. The monoisotopic (exact) mass is 301 g/mol. The number of nitrogens with two attached hydrogens (primary N) is 1. The van der Waals surface area contributed by atoms with Gasteiger partial charge < -0.3 is 10.6 Å². The first-order valence-corrected chi connectivity index (χ1v) is 5.55. The molecule has 0 aliphatic rings. The van der Waals surface area contributed by atoms with E-state index in [1.54, 1.807) is 0 Å². The summed E-state index contributed by atoms with van der Waals surface area (Å²) in [6, 6.07) is 6.55. The van der Waals surface area contributed by atoms with Gasteiger partial charge in [0.1, 0.15) is 6.61 Å². The number of amides is 2. The van der Waals surface area contributed by atoms with Gasteiger partial charge in [0.25, 0.3) is 0 Å². The van der Waals surface area contributed by atoms with E-state index in [-0.39, 0.29) is 13.2 Å². The minimum absolute atomic E-state index is 0.0347. The zero-order valence-corrected chi connectivity index (χ0v) is 10.5. The first kappa shape index (κ1) is 13.5. The van der Waals surface area contributed by atoms with Gasteiger partial charge in [-0.05, 0) is 17.7 Å². The summed E-state index contributed by atoms with van der Waals surface area (Å²) in [4.78, 5) is 15.3. The molecule has 1 aromatic rings. The van der Waals surface area contributed by atoms with E-state index >= 15 is 0 Å². The molecular formula is C10H12BrN3O3. The molecule has 0 aromatic heterocycles. The van der Waals surface area contributed by atoms with E-state index in [0.29, 0.717) is 5.06 Å². The normalized spacial score (nSPS) is 10.5. The topological polar surface area (TPSA) is 88.2 Å². The fourth-order valence-corrected chi connectivity index (χ4v) is 1.20. The third-order valence-corrected chi connectivity index (χ3v) is 2.32. The Morgan fingerprint density at radius 3 is 2.76 bits per heavy atom. The van der Waals surface area contributed by atoms with Crippen LogP contribution in [-0.2, 0) is 4.84 Å². The highest BCUT2D eigenvalue weighted by atomic mass is 79.9. The molecule has 0 bridgehead atoms. The lowest BCUT2D eigenvalue weighted by molar-refractivity contribution is -0.0559. The number of carbonyl (C=O) groups excluding carboxylic acids is 1. The molecule has 0 aliphatic carbocycles. The Bertz CT molecular complexity index is 394. The van der Waals surface area contributed by atoms with E-state index in [1.807, 2.05) is 24.3 Å². The molecule has 0 fully saturated rings. The molecule has 0 heterocycles. The number of oxime groups is 1. The minimum Gasteiger partial charge on any atom is -0.394 e. The lowest BCUT2D eigenvalue weighted by atomic mass is 10.2. The first-order valence-electron chi connectivity index (χ1n) is 4.76. The summed E-state index contributed by atoms with van der Waals surface area (Å²) in [7, 11) is 0. The highest BCUT2D eigenvalue weighted by Gasteiger charge is 2.03. The Morgan fingerprint density at radius 2 is 2.18 bits per heavy atom. The number of hydrogen-bond acceptors (Lipinski definition) is 4. The Labute approximate surface area is 107 Å². The number of rotatable bonds is 5. The summed E-state index contributed by atoms with van der Waals surface area (Å²) in [5, 5.41) is 12.9. The predicted octanol–water partition coefficient (Wildman–Crippen LogP) is 1.57. The Kier molecular flexibility index (Phi) is 5.44. The van der Waals surface area contributed by atoms with Crippen molar-refractivity contribution in [1.82, 2.24) is 5.06 Å². The van der Waals surface area contributed by atoms with Crippen molar-refractivity contribution in [3.05, 3.63) is 34.3 Å². The molecule has 17 heavy (non-hydrogen) atoms. The minimum atomic E-state index is -0.925. The van der Waals surface area contributed by atoms with Crippen LogP contribution in [0.5, 0.6) is 0 Å². The standard InChI is InChI=1S/C10H12BrN3O3/c11-9-3-1-8(2-4-9)7-13-17-6-5-14(16)10(12)15/h1-4,7,16H,5-6H2,(H2,12,15)/b13-7+. The maximum absolute atomic E-state index is 10.4. The number of urea groups is 1. The van der Waals surface area contributed by atoms with Gasteiger partial charge in [0.2, 0.25) is 0 Å². The van der Waals surface area contributed by atoms with E-state index in [1.165, 1.54) is 6.21 Å². The zero-order valence-electron chi connectivity index (χ0n) is 8.91. The average Bonchev–Trinajstić information content (AvgIpc) is 2.30. The molecule has 0 aliphatic heterocycles. The highest BCUT2D eigenvalue weighted by Crippen LogP contribution is 2.08. The van der Waals surface area contributed by atoms with Crippen molar-refractivity contribution in [3.8, 4) is 0 Å². The largest absolute Gasteiger partial charge is 0.394 e. The number of hydroxylamine groups is 2. The van der Waals surface area contributed by atoms with E-state index in [0.717, 1.165) is 10.0 Å². The highest BCUT2D eigenvalue weighted by molar-refractivity contribution is 9.10. The van der Waals surface area contributed by atoms with Crippen LogP contribution in [0.2, 0.25) is 0 Å². The lowest BCUT2D eigenvalue weighted by Gasteiger charge is -2.09. The summed E-state index contributed by atoms with van der Waals surface area (Å²) in [5.74, 6) is 0. The van der Waals surface area contributed by atoms with Crippen molar-refractivity contribution in [2.75, 3.05) is 13.2 Å². The molecule has 0 saturated heterocycles. The molecule has 1 rings (SSSR count). The van der Waals surface area contributed by atoms with Crippen molar-refractivity contribution in [1.29, 1.82) is 0 Å². The Hall–Kier alpha value is -1.60. The summed E-state index contributed by atoms with van der Waals surface area (Å²) < 4.78 is 0.980. The number of nitrogens with zero attached hydrogens (tertiary/aromatic N) is 2. The second-order valence-corrected chi connectivity index (χ2v) is 4.00. The maximum atomic E-state index is 10.4. The molecule has 3 N–H and O–H groups in total. The van der Waals surface area contributed by atoms with E-state index < -0.39 is 6.03 Å². The fourth-order valence-electron chi connectivity index (χ4n) is 0.937. The SMILES string of the molecule is NC(=O)N(O)CCO/N=C/c1ccc(Br)cc1. The van der Waals surface area contributed by atoms with Gasteiger partial charge in [0.15, 0.2) is 0 Å². The average molecular weight is 302 g/mol. The molecule has 0 unspecified atom stereocenters. The Morgan fingerprint density at radius 1 is 1.53 bits per heavy atom. The molecule has 0 saturated carbocycles. The van der Waals surface area contributed by atoms with Crippen molar-refractivity contribution in [3.63, 3.8) is 0 Å². The second-order valence-electron chi connectivity index (χ2n) is 3.08. The van der Waals surface area contributed by atoms with Gasteiger partial charge in [0, 0.05) is 4.47 Å². The number of benzene rings is 1. The molecule has 92 valence electrons. The smallest absolute Gasteiger partial charge is 0.338 e. The van der Waals surface area contributed by atoms with E-state index in [9.17, 15) is 4.79 Å². The van der Waals surface area contributed by atoms with Crippen molar-refractivity contribution in [2.24, 2.45) is 10.9 Å². The number of hydrogen-bond donors (Lipinski definition) is 2. The van der Waals surface area contributed by atoms with Gasteiger partial charge in [-0.1, -0.05) is 33.2 Å². The van der Waals surface area contributed by atoms with Crippen LogP contribution in [0.4, 0.5) is 4.79 Å². The van der Waals surface area contributed by atoms with Crippen LogP contribution in [-0.4, -0.2) is 35.7 Å². The number of primary amides is 1. The lowest BCUT2D eigenvalue weighted by Crippen LogP contribution is -2.34. The van der Waals surface area contributed by atoms with Crippen molar-refractivity contribution in [2.45, 2.75) is 0 Å². The third-order valence-electron chi connectivity index (χ3n) is 1.80. The third kappa shape index (κ3) is 5.32. The first-order chi connectivity index (χ1) is 8.09. The van der Waals surface area contributed by atoms with Gasteiger partial charge in [-0.2, -0.15) is 0 Å². The van der Waals surface area contributed by atoms with Gasteiger partial charge in [-0.25, -0.2) is 9.86 Å². The molecule has 0 spiro atoms. The fraction of sp³-hybridized carbons (Fsp3) is 0.200. The van der Waals surface area contributed by atoms with Crippen LogP contribution in [0.25, 0.3) is 0 Å². The summed E-state index contributed by atoms with van der Waals surface area (Å²) in [5.41, 5.74) is 5.67. The van der Waals surface area contributed by atoms with Crippen LogP contribution >= 0.6 is 15.9 Å². The zero-order chi connectivity index (χ0) is 12.7. The number of carbonyl (C=O) groups is 1. The molecular weight excluding hydrogens is 290 g/mol. The Balaban J connectivity index is 2.27. The number of halogens is 1. The van der Waals surface area contributed by atoms with E-state index in [2.05, 4.69) is 21.1 Å². The van der Waals surface area contributed by atoms with Crippen molar-refractivity contribution < 1.29 is 14.8 Å². The predicted molar refractivity (Wildman–Crippen MR) is 65.8 cm³/mol. The van der Waals surface area contributed by atoms with Crippen LogP contribution in [0, 0.1) is 0 Å². The molecule has 0 radical (unpaired) electrons. The molecule has 6 nitrogen and oxygen atoms in total. The van der Waals surface area contributed by atoms with Crippen LogP contribution in [0.15, 0.2) is 33.9 Å². The van der Waals surface area contributed by atoms with Crippen LogP contribution in [0.3, 0.4) is 0 Å². The van der Waals surface area contributed by atoms with Crippen LogP contribution < -0.4 is 5.73 Å². The molecule has 1 aromatic carbocycles. The van der Waals surface area contributed by atoms with Crippen molar-refractivity contribution >= 4 is 28.2 Å². The van der Waals surface area contributed by atoms with Gasteiger partial charge >= 0.3 is 6.03 Å². The summed E-state index contributed by atoms with van der Waals surface area (Å²) >= 11 is 3.32. The maximum Gasteiger partial charge on any atom is 0.338 e. The van der Waals surface area contributed by atoms with E-state index in [4.69, 9.17) is 15.8 Å². The summed E-state index contributed by atoms with van der Waals surface area (Å²) in [6.07, 6.45) is 1.53. The van der Waals surface area contributed by atoms with Gasteiger partial charge in [-0.15, -0.1) is 0 Å². The van der Waals surface area contributed by atoms with Gasteiger partial charge in [0.05, 0.1) is 12.8 Å².